The number of aromatic nitrogens is 1. The Kier molecular flexibility index (Phi) is 7.04. The SMILES string of the molecule is CNC(=O)c1cc2cc(Cl)ccc2cc1OCC(=O)c1cn(CCC(O)C2(O)COC2)c2cc(C3CC3)ccc12. The Labute approximate surface area is 236 Å². The number of aliphatic hydroxyl groups excluding tert-OH is 1. The Morgan fingerprint density at radius 3 is 2.62 bits per heavy atom. The summed E-state index contributed by atoms with van der Waals surface area (Å²) in [6, 6.07) is 15.0. The van der Waals surface area contributed by atoms with E-state index < -0.39 is 11.7 Å². The molecule has 9 heteroatoms. The van der Waals surface area contributed by atoms with Crippen LogP contribution in [0.5, 0.6) is 5.75 Å². The number of aliphatic hydroxyl groups is 2. The number of hydrogen-bond acceptors (Lipinski definition) is 6. The maximum Gasteiger partial charge on any atom is 0.254 e. The molecule has 3 aromatic carbocycles. The second-order valence-electron chi connectivity index (χ2n) is 10.8. The summed E-state index contributed by atoms with van der Waals surface area (Å²) in [7, 11) is 1.54. The number of nitrogens with zero attached hydrogens (tertiary/aromatic N) is 1. The van der Waals surface area contributed by atoms with E-state index in [1.54, 1.807) is 30.5 Å². The topological polar surface area (TPSA) is 110 Å². The lowest BCUT2D eigenvalue weighted by Gasteiger charge is -2.40. The van der Waals surface area contributed by atoms with Crippen LogP contribution in [0.25, 0.3) is 21.7 Å². The number of hydrogen-bond donors (Lipinski definition) is 3. The molecule has 3 N–H and O–H groups in total. The zero-order chi connectivity index (χ0) is 28.0. The van der Waals surface area contributed by atoms with Gasteiger partial charge >= 0.3 is 0 Å². The monoisotopic (exact) mass is 562 g/mol. The fourth-order valence-electron chi connectivity index (χ4n) is 5.32. The largest absolute Gasteiger partial charge is 0.485 e. The number of aryl methyl sites for hydroxylation is 1. The van der Waals surface area contributed by atoms with Gasteiger partial charge in [0.05, 0.1) is 24.9 Å². The number of ketones is 1. The van der Waals surface area contributed by atoms with Crippen LogP contribution in [0.1, 0.15) is 51.5 Å². The van der Waals surface area contributed by atoms with Gasteiger partial charge in [-0.15, -0.1) is 0 Å². The number of amides is 1. The molecule has 1 amide bonds. The van der Waals surface area contributed by atoms with E-state index in [-0.39, 0.29) is 31.5 Å². The average Bonchev–Trinajstić information content (AvgIpc) is 3.73. The third kappa shape index (κ3) is 5.08. The minimum absolute atomic E-state index is 0.118. The Morgan fingerprint density at radius 1 is 1.12 bits per heavy atom. The van der Waals surface area contributed by atoms with Crippen LogP contribution in [0.3, 0.4) is 0 Å². The molecule has 1 saturated carbocycles. The van der Waals surface area contributed by atoms with Crippen molar-refractivity contribution in [3.63, 3.8) is 0 Å². The van der Waals surface area contributed by atoms with Crippen molar-refractivity contribution in [2.45, 2.75) is 43.4 Å². The van der Waals surface area contributed by atoms with Crippen LogP contribution in [-0.4, -0.2) is 65.0 Å². The summed E-state index contributed by atoms with van der Waals surface area (Å²) in [6.07, 6.45) is 3.49. The summed E-state index contributed by atoms with van der Waals surface area (Å²) in [6.45, 7) is 0.406. The summed E-state index contributed by atoms with van der Waals surface area (Å²) in [5.74, 6) is 0.292. The molecule has 1 aliphatic carbocycles. The first kappa shape index (κ1) is 26.8. The van der Waals surface area contributed by atoms with Gasteiger partial charge in [-0.2, -0.15) is 0 Å². The van der Waals surface area contributed by atoms with Crippen LogP contribution in [0.15, 0.2) is 54.7 Å². The third-order valence-electron chi connectivity index (χ3n) is 7.95. The number of carbonyl (C=O) groups excluding carboxylic acids is 2. The van der Waals surface area contributed by atoms with Crippen LogP contribution in [0.4, 0.5) is 0 Å². The summed E-state index contributed by atoms with van der Waals surface area (Å²) in [5.41, 5.74) is 1.74. The fourth-order valence-corrected chi connectivity index (χ4v) is 5.50. The van der Waals surface area contributed by atoms with Crippen molar-refractivity contribution >= 4 is 45.0 Å². The quantitative estimate of drug-likeness (QED) is 0.246. The molecule has 1 unspecified atom stereocenters. The molecule has 1 atom stereocenters. The number of rotatable bonds is 10. The Bertz CT molecular complexity index is 1620. The maximum atomic E-state index is 13.5. The predicted octanol–water partition coefficient (Wildman–Crippen LogP) is 4.46. The predicted molar refractivity (Wildman–Crippen MR) is 152 cm³/mol. The average molecular weight is 563 g/mol. The molecule has 0 radical (unpaired) electrons. The van der Waals surface area contributed by atoms with Crippen molar-refractivity contribution < 1.29 is 29.3 Å². The minimum atomic E-state index is -1.22. The zero-order valence-corrected chi connectivity index (χ0v) is 22.9. The summed E-state index contributed by atoms with van der Waals surface area (Å²) < 4.78 is 13.0. The van der Waals surface area contributed by atoms with Gasteiger partial charge in [0.15, 0.2) is 6.61 Å². The second-order valence-corrected chi connectivity index (χ2v) is 11.3. The summed E-state index contributed by atoms with van der Waals surface area (Å²) >= 11 is 6.14. The molecule has 2 heterocycles. The van der Waals surface area contributed by atoms with Gasteiger partial charge in [-0.05, 0) is 71.8 Å². The van der Waals surface area contributed by atoms with Crippen LogP contribution < -0.4 is 10.1 Å². The van der Waals surface area contributed by atoms with Crippen LogP contribution in [0.2, 0.25) is 5.02 Å². The number of carbonyl (C=O) groups is 2. The Balaban J connectivity index is 1.27. The molecule has 1 aliphatic heterocycles. The highest BCUT2D eigenvalue weighted by atomic mass is 35.5. The van der Waals surface area contributed by atoms with Crippen LogP contribution in [0, 0.1) is 0 Å². The lowest BCUT2D eigenvalue weighted by molar-refractivity contribution is -0.227. The molecular formula is C31H31ClN2O6. The molecule has 6 rings (SSSR count). The smallest absolute Gasteiger partial charge is 0.254 e. The van der Waals surface area contributed by atoms with E-state index in [1.165, 1.54) is 12.6 Å². The zero-order valence-electron chi connectivity index (χ0n) is 22.2. The molecule has 8 nitrogen and oxygen atoms in total. The van der Waals surface area contributed by atoms with E-state index in [9.17, 15) is 19.8 Å². The normalized spacial score (nSPS) is 17.0. The fraction of sp³-hybridized carbons (Fsp3) is 0.355. The lowest BCUT2D eigenvalue weighted by atomic mass is 9.92. The Hall–Kier alpha value is -3.43. The first-order valence-corrected chi connectivity index (χ1v) is 13.9. The first-order valence-electron chi connectivity index (χ1n) is 13.5. The number of nitrogens with one attached hydrogen (secondary N) is 1. The number of benzene rings is 3. The minimum Gasteiger partial charge on any atom is -0.485 e. The van der Waals surface area contributed by atoms with E-state index in [1.807, 2.05) is 16.7 Å². The molecule has 2 fully saturated rings. The van der Waals surface area contributed by atoms with Gasteiger partial charge < -0.3 is 29.6 Å². The first-order chi connectivity index (χ1) is 19.3. The molecule has 2 aliphatic rings. The van der Waals surface area contributed by atoms with Crippen molar-refractivity contribution in [1.29, 1.82) is 0 Å². The highest BCUT2D eigenvalue weighted by Gasteiger charge is 2.43. The molecule has 0 spiro atoms. The summed E-state index contributed by atoms with van der Waals surface area (Å²) in [5, 5.41) is 26.6. The number of Topliss-reactive ketones (excluding diaryl/α,β-unsaturated/α-hetero) is 1. The van der Waals surface area contributed by atoms with Crippen molar-refractivity contribution in [2.24, 2.45) is 0 Å². The van der Waals surface area contributed by atoms with Crippen LogP contribution >= 0.6 is 11.6 Å². The van der Waals surface area contributed by atoms with E-state index in [0.29, 0.717) is 40.8 Å². The number of halogens is 1. The highest BCUT2D eigenvalue weighted by Crippen LogP contribution is 2.41. The third-order valence-corrected chi connectivity index (χ3v) is 8.19. The van der Waals surface area contributed by atoms with E-state index in [4.69, 9.17) is 21.1 Å². The van der Waals surface area contributed by atoms with E-state index in [2.05, 4.69) is 17.4 Å². The van der Waals surface area contributed by atoms with Crippen molar-refractivity contribution in [3.8, 4) is 5.75 Å². The summed E-state index contributed by atoms with van der Waals surface area (Å²) in [4.78, 5) is 26.1. The molecular weight excluding hydrogens is 532 g/mol. The number of fused-ring (bicyclic) bond motifs is 2. The molecule has 208 valence electrons. The van der Waals surface area contributed by atoms with E-state index in [0.717, 1.165) is 34.5 Å². The molecule has 1 saturated heterocycles. The van der Waals surface area contributed by atoms with Gasteiger partial charge in [0.25, 0.3) is 5.91 Å². The second kappa shape index (κ2) is 10.5. The van der Waals surface area contributed by atoms with Crippen molar-refractivity contribution in [1.82, 2.24) is 9.88 Å². The van der Waals surface area contributed by atoms with Crippen molar-refractivity contribution in [2.75, 3.05) is 26.9 Å². The van der Waals surface area contributed by atoms with Gasteiger partial charge in [0.2, 0.25) is 5.78 Å². The van der Waals surface area contributed by atoms with Crippen molar-refractivity contribution in [3.05, 3.63) is 76.4 Å². The van der Waals surface area contributed by atoms with Crippen LogP contribution in [-0.2, 0) is 11.3 Å². The lowest BCUT2D eigenvalue weighted by Crippen LogP contribution is -2.58. The van der Waals surface area contributed by atoms with Gasteiger partial charge in [0.1, 0.15) is 11.4 Å². The molecule has 1 aromatic heterocycles. The molecule has 0 bridgehead atoms. The van der Waals surface area contributed by atoms with E-state index >= 15 is 0 Å². The van der Waals surface area contributed by atoms with Gasteiger partial charge in [0, 0.05) is 41.3 Å². The maximum absolute atomic E-state index is 13.5. The van der Waals surface area contributed by atoms with Gasteiger partial charge in [-0.3, -0.25) is 9.59 Å². The number of ether oxygens (including phenoxy) is 2. The van der Waals surface area contributed by atoms with Gasteiger partial charge in [-0.1, -0.05) is 29.8 Å². The Morgan fingerprint density at radius 2 is 1.93 bits per heavy atom. The molecule has 40 heavy (non-hydrogen) atoms. The standard InChI is InChI=1S/C31H31ClN2O6/c1-33-30(37)24-11-21-10-22(32)6-4-20(21)13-28(24)40-15-27(35)25-14-34(9-8-29(36)31(38)16-39-17-31)26-12-19(18-2-3-18)5-7-23(25)26/h4-7,10-14,18,29,36,38H,2-3,8-9,15-17H2,1H3,(H,33,37). The van der Waals surface area contributed by atoms with Gasteiger partial charge in [-0.25, -0.2) is 0 Å². The molecule has 4 aromatic rings. The highest BCUT2D eigenvalue weighted by molar-refractivity contribution is 6.31.